The number of hydrogen-bond donors (Lipinski definition) is 0. The summed E-state index contributed by atoms with van der Waals surface area (Å²) in [6, 6.07) is 0. The van der Waals surface area contributed by atoms with E-state index >= 15 is 0 Å². The van der Waals surface area contributed by atoms with Gasteiger partial charge in [-0.1, -0.05) is 20.8 Å². The van der Waals surface area contributed by atoms with Crippen LogP contribution < -0.4 is 0 Å². The summed E-state index contributed by atoms with van der Waals surface area (Å²) in [4.78, 5) is 0. The van der Waals surface area contributed by atoms with Crippen LogP contribution in [-0.4, -0.2) is 44.2 Å². The highest BCUT2D eigenvalue weighted by atomic mass is 32.2. The van der Waals surface area contributed by atoms with E-state index in [4.69, 9.17) is 0 Å². The second kappa shape index (κ2) is 4.03. The maximum absolute atomic E-state index is 11.9. The van der Waals surface area contributed by atoms with E-state index in [1.165, 1.54) is 4.31 Å². The van der Waals surface area contributed by atoms with E-state index < -0.39 is 10.2 Å². The van der Waals surface area contributed by atoms with Crippen LogP contribution in [0.5, 0.6) is 0 Å². The fourth-order valence-electron chi connectivity index (χ4n) is 1.88. The van der Waals surface area contributed by atoms with Gasteiger partial charge in [-0.3, -0.25) is 0 Å². The Morgan fingerprint density at radius 1 is 1.27 bits per heavy atom. The Morgan fingerprint density at radius 2 is 1.80 bits per heavy atom. The first-order chi connectivity index (χ1) is 6.65. The summed E-state index contributed by atoms with van der Waals surface area (Å²) in [5.74, 6) is 0.465. The van der Waals surface area contributed by atoms with E-state index in [1.54, 1.807) is 18.4 Å². The van der Waals surface area contributed by atoms with Crippen molar-refractivity contribution in [1.29, 1.82) is 0 Å². The molecule has 1 saturated heterocycles. The molecule has 0 amide bonds. The van der Waals surface area contributed by atoms with Gasteiger partial charge in [-0.25, -0.2) is 0 Å². The molecular weight excluding hydrogens is 212 g/mol. The Balaban J connectivity index is 2.73. The van der Waals surface area contributed by atoms with Crippen molar-refractivity contribution in [3.05, 3.63) is 0 Å². The highest BCUT2D eigenvalue weighted by molar-refractivity contribution is 7.86. The molecule has 90 valence electrons. The Labute approximate surface area is 93.4 Å². The van der Waals surface area contributed by atoms with Crippen LogP contribution >= 0.6 is 0 Å². The molecular formula is C10H22N2O2S. The maximum Gasteiger partial charge on any atom is 0.281 e. The highest BCUT2D eigenvalue weighted by Gasteiger charge is 2.37. The second-order valence-corrected chi connectivity index (χ2v) is 7.64. The summed E-state index contributed by atoms with van der Waals surface area (Å²) < 4.78 is 26.6. The smallest absolute Gasteiger partial charge is 0.195 e. The lowest BCUT2D eigenvalue weighted by atomic mass is 9.80. The minimum atomic E-state index is -3.20. The first kappa shape index (κ1) is 12.9. The van der Waals surface area contributed by atoms with Gasteiger partial charge in [0.15, 0.2) is 0 Å². The van der Waals surface area contributed by atoms with Gasteiger partial charge in [-0.05, 0) is 17.8 Å². The van der Waals surface area contributed by atoms with E-state index in [1.807, 2.05) is 0 Å². The van der Waals surface area contributed by atoms with E-state index in [-0.39, 0.29) is 5.41 Å². The molecule has 0 saturated carbocycles. The predicted octanol–water partition coefficient (Wildman–Crippen LogP) is 1.16. The summed E-state index contributed by atoms with van der Waals surface area (Å²) in [5, 5.41) is 0. The second-order valence-electron chi connectivity index (χ2n) is 5.50. The molecule has 0 aliphatic carbocycles. The molecule has 0 radical (unpaired) electrons. The quantitative estimate of drug-likeness (QED) is 0.719. The third-order valence-corrected chi connectivity index (χ3v) is 5.07. The first-order valence-electron chi connectivity index (χ1n) is 5.33. The maximum atomic E-state index is 11.9. The van der Waals surface area contributed by atoms with Crippen molar-refractivity contribution in [2.24, 2.45) is 11.3 Å². The summed E-state index contributed by atoms with van der Waals surface area (Å²) >= 11 is 0. The predicted molar refractivity (Wildman–Crippen MR) is 61.7 cm³/mol. The summed E-state index contributed by atoms with van der Waals surface area (Å²) in [6.07, 6.45) is 0.969. The normalized spacial score (nSPS) is 25.1. The van der Waals surface area contributed by atoms with Gasteiger partial charge >= 0.3 is 0 Å². The Kier molecular flexibility index (Phi) is 3.48. The largest absolute Gasteiger partial charge is 0.281 e. The number of rotatable bonds is 2. The van der Waals surface area contributed by atoms with Gasteiger partial charge in [0.25, 0.3) is 10.2 Å². The van der Waals surface area contributed by atoms with Crippen molar-refractivity contribution in [3.8, 4) is 0 Å². The summed E-state index contributed by atoms with van der Waals surface area (Å²) in [7, 11) is -0.0370. The highest BCUT2D eigenvalue weighted by Crippen LogP contribution is 2.34. The standard InChI is InChI=1S/C10H22N2O2S/c1-10(2,3)9-6-7-12(8-9)15(13,14)11(4)5/h9H,6-8H2,1-5H3/t9-/m0/s1. The van der Waals surface area contributed by atoms with Gasteiger partial charge in [0.05, 0.1) is 0 Å². The lowest BCUT2D eigenvalue weighted by Gasteiger charge is -2.27. The number of hydrogen-bond acceptors (Lipinski definition) is 2. The van der Waals surface area contributed by atoms with Gasteiger partial charge in [0, 0.05) is 27.2 Å². The van der Waals surface area contributed by atoms with Gasteiger partial charge in [0.1, 0.15) is 0 Å². The van der Waals surface area contributed by atoms with Crippen molar-refractivity contribution in [1.82, 2.24) is 8.61 Å². The SMILES string of the molecule is CN(C)S(=O)(=O)N1CC[C@H](C(C)(C)C)C1. The lowest BCUT2D eigenvalue weighted by Crippen LogP contribution is -2.39. The van der Waals surface area contributed by atoms with Crippen LogP contribution in [0.1, 0.15) is 27.2 Å². The van der Waals surface area contributed by atoms with E-state index in [2.05, 4.69) is 20.8 Å². The number of nitrogens with zero attached hydrogens (tertiary/aromatic N) is 2. The van der Waals surface area contributed by atoms with Crippen molar-refractivity contribution < 1.29 is 8.42 Å². The molecule has 0 bridgehead atoms. The fourth-order valence-corrected chi connectivity index (χ4v) is 3.04. The molecule has 1 aliphatic rings. The van der Waals surface area contributed by atoms with Crippen LogP contribution in [0.4, 0.5) is 0 Å². The third kappa shape index (κ3) is 2.71. The Bertz CT molecular complexity index is 317. The molecule has 0 aromatic heterocycles. The monoisotopic (exact) mass is 234 g/mol. The molecule has 5 heteroatoms. The fraction of sp³-hybridized carbons (Fsp3) is 1.00. The Morgan fingerprint density at radius 3 is 2.13 bits per heavy atom. The average Bonchev–Trinajstić information content (AvgIpc) is 2.50. The molecule has 0 aromatic carbocycles. The molecule has 1 fully saturated rings. The van der Waals surface area contributed by atoms with Gasteiger partial charge in [-0.2, -0.15) is 17.0 Å². The molecule has 4 nitrogen and oxygen atoms in total. The van der Waals surface area contributed by atoms with Crippen molar-refractivity contribution in [2.45, 2.75) is 27.2 Å². The molecule has 0 spiro atoms. The summed E-state index contributed by atoms with van der Waals surface area (Å²) in [6.45, 7) is 7.82. The first-order valence-corrected chi connectivity index (χ1v) is 6.73. The van der Waals surface area contributed by atoms with Crippen LogP contribution in [0.15, 0.2) is 0 Å². The molecule has 0 unspecified atom stereocenters. The van der Waals surface area contributed by atoms with E-state index in [0.717, 1.165) is 6.42 Å². The minimum absolute atomic E-state index is 0.191. The average molecular weight is 234 g/mol. The van der Waals surface area contributed by atoms with E-state index in [0.29, 0.717) is 19.0 Å². The van der Waals surface area contributed by atoms with Crippen LogP contribution in [-0.2, 0) is 10.2 Å². The minimum Gasteiger partial charge on any atom is -0.195 e. The Hall–Kier alpha value is -0.130. The zero-order chi connectivity index (χ0) is 11.9. The third-order valence-electron chi connectivity index (χ3n) is 3.16. The zero-order valence-electron chi connectivity index (χ0n) is 10.3. The summed E-state index contributed by atoms with van der Waals surface area (Å²) in [5.41, 5.74) is 0.191. The van der Waals surface area contributed by atoms with Crippen LogP contribution in [0.3, 0.4) is 0 Å². The van der Waals surface area contributed by atoms with Gasteiger partial charge in [-0.15, -0.1) is 0 Å². The van der Waals surface area contributed by atoms with E-state index in [9.17, 15) is 8.42 Å². The van der Waals surface area contributed by atoms with Crippen LogP contribution in [0.2, 0.25) is 0 Å². The molecule has 0 aromatic rings. The molecule has 15 heavy (non-hydrogen) atoms. The van der Waals surface area contributed by atoms with Gasteiger partial charge < -0.3 is 0 Å². The molecule has 1 rings (SSSR count). The van der Waals surface area contributed by atoms with Gasteiger partial charge in [0.2, 0.25) is 0 Å². The molecule has 1 heterocycles. The molecule has 0 N–H and O–H groups in total. The van der Waals surface area contributed by atoms with Crippen molar-refractivity contribution in [2.75, 3.05) is 27.2 Å². The van der Waals surface area contributed by atoms with Crippen molar-refractivity contribution in [3.63, 3.8) is 0 Å². The van der Waals surface area contributed by atoms with Crippen LogP contribution in [0, 0.1) is 11.3 Å². The molecule has 1 aliphatic heterocycles. The lowest BCUT2D eigenvalue weighted by molar-refractivity contribution is 0.250. The topological polar surface area (TPSA) is 40.6 Å². The zero-order valence-corrected chi connectivity index (χ0v) is 11.1. The van der Waals surface area contributed by atoms with Crippen molar-refractivity contribution >= 4 is 10.2 Å². The van der Waals surface area contributed by atoms with Crippen LogP contribution in [0.25, 0.3) is 0 Å². The molecule has 1 atom stereocenters.